The van der Waals surface area contributed by atoms with Crippen molar-refractivity contribution >= 4 is 31.6 Å². The normalized spacial score (nSPS) is 19.8. The molecule has 36 heavy (non-hydrogen) atoms. The van der Waals surface area contributed by atoms with Gasteiger partial charge < -0.3 is 14.7 Å². The zero-order valence-corrected chi connectivity index (χ0v) is 22.0. The molecule has 2 aromatic carbocycles. The number of hydrogen-bond acceptors (Lipinski definition) is 7. The number of aliphatic hydroxyl groups is 1. The van der Waals surface area contributed by atoms with Gasteiger partial charge >= 0.3 is 0 Å². The molecular formula is C23H30FN3O7S2. The Hall–Kier alpha value is -2.74. The van der Waals surface area contributed by atoms with Gasteiger partial charge in [0.15, 0.2) is 5.75 Å². The third-order valence-electron chi connectivity index (χ3n) is 5.95. The molecule has 0 bridgehead atoms. The van der Waals surface area contributed by atoms with Crippen molar-refractivity contribution in [1.29, 1.82) is 0 Å². The van der Waals surface area contributed by atoms with Gasteiger partial charge in [0, 0.05) is 19.5 Å². The summed E-state index contributed by atoms with van der Waals surface area (Å²) in [5, 5.41) is 9.74. The first-order valence-electron chi connectivity index (χ1n) is 11.2. The molecule has 0 saturated heterocycles. The van der Waals surface area contributed by atoms with E-state index >= 15 is 0 Å². The van der Waals surface area contributed by atoms with Crippen LogP contribution in [0.3, 0.4) is 0 Å². The minimum atomic E-state index is -4.01. The molecule has 2 aromatic rings. The second kappa shape index (κ2) is 10.7. The first-order chi connectivity index (χ1) is 16.7. The fraction of sp³-hybridized carbons (Fsp3) is 0.435. The summed E-state index contributed by atoms with van der Waals surface area (Å²) in [5.41, 5.74) is 0.105. The maximum absolute atomic E-state index is 13.4. The Morgan fingerprint density at radius 1 is 1.19 bits per heavy atom. The number of para-hydroxylation sites is 1. The fourth-order valence-electron chi connectivity index (χ4n) is 3.88. The topological polar surface area (TPSA) is 133 Å². The number of hydrogen-bond donors (Lipinski definition) is 2. The summed E-state index contributed by atoms with van der Waals surface area (Å²) in [6, 6.07) is 8.29. The highest BCUT2D eigenvalue weighted by Gasteiger charge is 2.36. The SMILES string of the molecule is C[C@@H]1CN([C@H](C)CO)C(=O)c2cccc(NS(C)(=O)=O)c2O[C@@H]1CN(C)S(=O)(=O)c1ccc(F)cc1. The number of ether oxygens (including phenoxy) is 1. The van der Waals surface area contributed by atoms with Gasteiger partial charge in [0.25, 0.3) is 5.91 Å². The second-order valence-corrected chi connectivity index (χ2v) is 12.7. The molecule has 0 unspecified atom stereocenters. The van der Waals surface area contributed by atoms with Crippen molar-refractivity contribution < 1.29 is 35.9 Å². The molecule has 2 N–H and O–H groups in total. The van der Waals surface area contributed by atoms with E-state index < -0.39 is 49.8 Å². The highest BCUT2D eigenvalue weighted by atomic mass is 32.2. The maximum atomic E-state index is 13.4. The number of carbonyl (C=O) groups excluding carboxylic acids is 1. The van der Waals surface area contributed by atoms with Gasteiger partial charge in [-0.05, 0) is 43.3 Å². The molecule has 3 atom stereocenters. The molecule has 0 radical (unpaired) electrons. The number of rotatable bonds is 8. The smallest absolute Gasteiger partial charge is 0.258 e. The van der Waals surface area contributed by atoms with E-state index in [0.717, 1.165) is 34.8 Å². The first kappa shape index (κ1) is 27.8. The molecule has 1 aliphatic rings. The standard InChI is InChI=1S/C23H30FN3O7S2/c1-15-12-27(16(2)14-28)23(29)19-6-5-7-20(25-35(4,30)31)22(19)34-21(15)13-26(3)36(32,33)18-10-8-17(24)9-11-18/h5-11,15-16,21,25,28H,12-14H2,1-4H3/t15-,16-,21-/m1/s1. The first-order valence-corrected chi connectivity index (χ1v) is 14.5. The van der Waals surface area contributed by atoms with Crippen LogP contribution in [-0.4, -0.2) is 82.2 Å². The Kier molecular flexibility index (Phi) is 8.28. The molecule has 13 heteroatoms. The van der Waals surface area contributed by atoms with Gasteiger partial charge in [-0.3, -0.25) is 9.52 Å². The summed E-state index contributed by atoms with van der Waals surface area (Å²) in [7, 11) is -6.38. The average Bonchev–Trinajstić information content (AvgIpc) is 2.80. The van der Waals surface area contributed by atoms with Gasteiger partial charge in [-0.25, -0.2) is 21.2 Å². The highest BCUT2D eigenvalue weighted by Crippen LogP contribution is 2.35. The molecule has 0 saturated carbocycles. The molecule has 1 amide bonds. The van der Waals surface area contributed by atoms with E-state index in [4.69, 9.17) is 4.74 Å². The molecule has 10 nitrogen and oxygen atoms in total. The number of nitrogens with one attached hydrogen (secondary N) is 1. The third-order valence-corrected chi connectivity index (χ3v) is 8.37. The van der Waals surface area contributed by atoms with Crippen LogP contribution < -0.4 is 9.46 Å². The zero-order chi connectivity index (χ0) is 26.8. The number of fused-ring (bicyclic) bond motifs is 1. The Balaban J connectivity index is 2.05. The molecule has 198 valence electrons. The lowest BCUT2D eigenvalue weighted by molar-refractivity contribution is 0.0389. The van der Waals surface area contributed by atoms with Crippen LogP contribution in [0.25, 0.3) is 0 Å². The number of benzene rings is 2. The van der Waals surface area contributed by atoms with E-state index in [1.54, 1.807) is 13.8 Å². The van der Waals surface area contributed by atoms with Crippen molar-refractivity contribution in [2.45, 2.75) is 30.9 Å². The number of sulfonamides is 2. The number of halogens is 1. The van der Waals surface area contributed by atoms with Crippen LogP contribution in [0, 0.1) is 11.7 Å². The van der Waals surface area contributed by atoms with Crippen molar-refractivity contribution in [2.75, 3.05) is 37.7 Å². The molecule has 3 rings (SSSR count). The quantitative estimate of drug-likeness (QED) is 0.518. The number of anilines is 1. The minimum absolute atomic E-state index is 0.0306. The van der Waals surface area contributed by atoms with Crippen molar-refractivity contribution in [3.63, 3.8) is 0 Å². The van der Waals surface area contributed by atoms with Crippen molar-refractivity contribution in [3.05, 3.63) is 53.8 Å². The monoisotopic (exact) mass is 543 g/mol. The number of nitrogens with zero attached hydrogens (tertiary/aromatic N) is 2. The van der Waals surface area contributed by atoms with E-state index in [9.17, 15) is 31.1 Å². The summed E-state index contributed by atoms with van der Waals surface area (Å²) >= 11 is 0. The van der Waals surface area contributed by atoms with Crippen LogP contribution in [0.4, 0.5) is 10.1 Å². The van der Waals surface area contributed by atoms with Crippen LogP contribution in [0.5, 0.6) is 5.75 Å². The fourth-order valence-corrected chi connectivity index (χ4v) is 5.62. The van der Waals surface area contributed by atoms with Gasteiger partial charge in [-0.2, -0.15) is 4.31 Å². The van der Waals surface area contributed by atoms with Gasteiger partial charge in [-0.15, -0.1) is 0 Å². The molecule has 1 heterocycles. The highest BCUT2D eigenvalue weighted by molar-refractivity contribution is 7.92. The van der Waals surface area contributed by atoms with Gasteiger partial charge in [-0.1, -0.05) is 13.0 Å². The van der Waals surface area contributed by atoms with Gasteiger partial charge in [0.2, 0.25) is 20.0 Å². The zero-order valence-electron chi connectivity index (χ0n) is 20.4. The lowest BCUT2D eigenvalue weighted by atomic mass is 9.99. The summed E-state index contributed by atoms with van der Waals surface area (Å²) in [6.45, 7) is 3.14. The van der Waals surface area contributed by atoms with E-state index in [1.165, 1.54) is 30.1 Å². The van der Waals surface area contributed by atoms with Crippen LogP contribution in [-0.2, 0) is 20.0 Å². The minimum Gasteiger partial charge on any atom is -0.486 e. The van der Waals surface area contributed by atoms with Crippen LogP contribution in [0.15, 0.2) is 47.4 Å². The molecule has 0 fully saturated rings. The summed E-state index contributed by atoms with van der Waals surface area (Å²) in [6.07, 6.45) is 0.147. The van der Waals surface area contributed by atoms with Crippen molar-refractivity contribution in [2.24, 2.45) is 5.92 Å². The molecule has 0 aromatic heterocycles. The second-order valence-electron chi connectivity index (χ2n) is 8.92. The number of amides is 1. The number of aliphatic hydroxyl groups excluding tert-OH is 1. The predicted octanol–water partition coefficient (Wildman–Crippen LogP) is 1.74. The van der Waals surface area contributed by atoms with Crippen LogP contribution >= 0.6 is 0 Å². The third kappa shape index (κ3) is 6.14. The van der Waals surface area contributed by atoms with E-state index in [2.05, 4.69) is 4.72 Å². The van der Waals surface area contributed by atoms with E-state index in [-0.39, 0.29) is 41.6 Å². The van der Waals surface area contributed by atoms with E-state index in [0.29, 0.717) is 0 Å². The van der Waals surface area contributed by atoms with Gasteiger partial charge in [0.1, 0.15) is 11.9 Å². The number of likely N-dealkylation sites (N-methyl/N-ethyl adjacent to an activating group) is 1. The summed E-state index contributed by atoms with van der Waals surface area (Å²) in [5.74, 6) is -1.49. The average molecular weight is 544 g/mol. The Labute approximate surface area is 210 Å². The molecule has 1 aliphatic heterocycles. The van der Waals surface area contributed by atoms with Crippen molar-refractivity contribution in [1.82, 2.24) is 9.21 Å². The van der Waals surface area contributed by atoms with Crippen molar-refractivity contribution in [3.8, 4) is 5.75 Å². The summed E-state index contributed by atoms with van der Waals surface area (Å²) in [4.78, 5) is 14.7. The molecule has 0 spiro atoms. The predicted molar refractivity (Wildman–Crippen MR) is 132 cm³/mol. The lowest BCUT2D eigenvalue weighted by Gasteiger charge is -2.38. The molecule has 0 aliphatic carbocycles. The van der Waals surface area contributed by atoms with Crippen LogP contribution in [0.2, 0.25) is 0 Å². The maximum Gasteiger partial charge on any atom is 0.258 e. The largest absolute Gasteiger partial charge is 0.486 e. The van der Waals surface area contributed by atoms with E-state index in [1.807, 2.05) is 0 Å². The number of carbonyl (C=O) groups is 1. The Bertz CT molecular complexity index is 1320. The Morgan fingerprint density at radius 2 is 1.83 bits per heavy atom. The lowest BCUT2D eigenvalue weighted by Crippen LogP contribution is -2.50. The van der Waals surface area contributed by atoms with Gasteiger partial charge in [0.05, 0.1) is 41.6 Å². The Morgan fingerprint density at radius 3 is 2.42 bits per heavy atom. The van der Waals surface area contributed by atoms with Crippen LogP contribution in [0.1, 0.15) is 24.2 Å². The summed E-state index contributed by atoms with van der Waals surface area (Å²) < 4.78 is 73.1. The molecular weight excluding hydrogens is 513 g/mol.